The SMILES string of the molecule is CCCCOc1ccc(C2C(C#N)=C(N)Oc3cc(OC(=O)c4ccc(OC(C)C)cc4)ccc32)cc1. The number of nitrogens with zero attached hydrogens (tertiary/aromatic N) is 1. The molecule has 1 atom stereocenters. The summed E-state index contributed by atoms with van der Waals surface area (Å²) in [6, 6.07) is 21.7. The zero-order valence-corrected chi connectivity index (χ0v) is 21.2. The molecule has 0 saturated carbocycles. The smallest absolute Gasteiger partial charge is 0.343 e. The lowest BCUT2D eigenvalue weighted by atomic mass is 9.83. The maximum Gasteiger partial charge on any atom is 0.343 e. The van der Waals surface area contributed by atoms with Crippen LogP contribution < -0.4 is 24.7 Å². The molecule has 1 heterocycles. The van der Waals surface area contributed by atoms with E-state index in [-0.39, 0.29) is 12.0 Å². The van der Waals surface area contributed by atoms with Crippen molar-refractivity contribution in [3.05, 3.63) is 94.9 Å². The number of allylic oxidation sites excluding steroid dienone is 1. The molecule has 1 aliphatic heterocycles. The number of hydrogen-bond donors (Lipinski definition) is 1. The summed E-state index contributed by atoms with van der Waals surface area (Å²) in [6.07, 6.45) is 2.08. The topological polar surface area (TPSA) is 104 Å². The monoisotopic (exact) mass is 498 g/mol. The average molecular weight is 499 g/mol. The first kappa shape index (κ1) is 25.6. The molecular formula is C30H30N2O5. The highest BCUT2D eigenvalue weighted by Crippen LogP contribution is 2.43. The predicted molar refractivity (Wildman–Crippen MR) is 140 cm³/mol. The Balaban J connectivity index is 1.55. The van der Waals surface area contributed by atoms with Crippen molar-refractivity contribution in [1.82, 2.24) is 0 Å². The molecule has 0 bridgehead atoms. The number of nitrogens with two attached hydrogens (primary N) is 1. The Labute approximate surface area is 217 Å². The van der Waals surface area contributed by atoms with Gasteiger partial charge in [0.2, 0.25) is 5.88 Å². The van der Waals surface area contributed by atoms with Gasteiger partial charge < -0.3 is 24.7 Å². The molecule has 3 aromatic rings. The van der Waals surface area contributed by atoms with Crippen molar-refractivity contribution >= 4 is 5.97 Å². The zero-order valence-electron chi connectivity index (χ0n) is 21.2. The van der Waals surface area contributed by atoms with E-state index in [1.807, 2.05) is 38.1 Å². The lowest BCUT2D eigenvalue weighted by Gasteiger charge is -2.26. The molecule has 7 heteroatoms. The van der Waals surface area contributed by atoms with E-state index < -0.39 is 11.9 Å². The van der Waals surface area contributed by atoms with Gasteiger partial charge in [0.05, 0.1) is 24.2 Å². The molecule has 3 aromatic carbocycles. The Morgan fingerprint density at radius 3 is 2.35 bits per heavy atom. The summed E-state index contributed by atoms with van der Waals surface area (Å²) < 4.78 is 22.7. The van der Waals surface area contributed by atoms with Gasteiger partial charge in [0.25, 0.3) is 0 Å². The van der Waals surface area contributed by atoms with Gasteiger partial charge in [-0.2, -0.15) is 5.26 Å². The van der Waals surface area contributed by atoms with Gasteiger partial charge in [-0.1, -0.05) is 31.5 Å². The molecule has 0 saturated heterocycles. The highest BCUT2D eigenvalue weighted by atomic mass is 16.5. The van der Waals surface area contributed by atoms with E-state index in [2.05, 4.69) is 13.0 Å². The van der Waals surface area contributed by atoms with Crippen molar-refractivity contribution in [2.24, 2.45) is 5.73 Å². The van der Waals surface area contributed by atoms with Crippen LogP contribution >= 0.6 is 0 Å². The highest BCUT2D eigenvalue weighted by molar-refractivity contribution is 5.91. The van der Waals surface area contributed by atoms with E-state index >= 15 is 0 Å². The number of ether oxygens (including phenoxy) is 4. The Hall–Kier alpha value is -4.44. The molecule has 0 amide bonds. The second-order valence-electron chi connectivity index (χ2n) is 8.98. The van der Waals surface area contributed by atoms with Gasteiger partial charge >= 0.3 is 5.97 Å². The second kappa shape index (κ2) is 11.5. The number of carbonyl (C=O) groups excluding carboxylic acids is 1. The minimum atomic E-state index is -0.511. The Morgan fingerprint density at radius 2 is 1.70 bits per heavy atom. The fourth-order valence-corrected chi connectivity index (χ4v) is 4.04. The Kier molecular flexibility index (Phi) is 7.99. The number of carbonyl (C=O) groups is 1. The molecule has 1 aliphatic rings. The largest absolute Gasteiger partial charge is 0.494 e. The van der Waals surface area contributed by atoms with Gasteiger partial charge in [-0.05, 0) is 68.3 Å². The van der Waals surface area contributed by atoms with Crippen LogP contribution in [0.25, 0.3) is 0 Å². The summed E-state index contributed by atoms with van der Waals surface area (Å²) >= 11 is 0. The van der Waals surface area contributed by atoms with Crippen molar-refractivity contribution in [3.8, 4) is 29.1 Å². The lowest BCUT2D eigenvalue weighted by molar-refractivity contribution is 0.0734. The van der Waals surface area contributed by atoms with Gasteiger partial charge in [-0.3, -0.25) is 0 Å². The van der Waals surface area contributed by atoms with E-state index in [1.54, 1.807) is 42.5 Å². The molecule has 1 unspecified atom stereocenters. The molecule has 0 aliphatic carbocycles. The quantitative estimate of drug-likeness (QED) is 0.216. The van der Waals surface area contributed by atoms with Crippen molar-refractivity contribution in [2.75, 3.05) is 6.61 Å². The summed E-state index contributed by atoms with van der Waals surface area (Å²) in [5.41, 5.74) is 8.46. The standard InChI is InChI=1S/C30H30N2O5/c1-4-5-16-34-22-10-6-20(7-11-22)28-25-15-14-24(17-27(25)37-29(32)26(28)18-31)36-30(33)21-8-12-23(13-9-21)35-19(2)3/h6-15,17,19,28H,4-5,16,32H2,1-3H3. The van der Waals surface area contributed by atoms with E-state index in [1.165, 1.54) is 0 Å². The van der Waals surface area contributed by atoms with E-state index in [0.29, 0.717) is 35.0 Å². The third-order valence-corrected chi connectivity index (χ3v) is 5.84. The number of benzene rings is 3. The first-order valence-corrected chi connectivity index (χ1v) is 12.3. The maximum absolute atomic E-state index is 12.7. The van der Waals surface area contributed by atoms with Crippen LogP contribution in [0.2, 0.25) is 0 Å². The number of fused-ring (bicyclic) bond motifs is 1. The minimum Gasteiger partial charge on any atom is -0.494 e. The van der Waals surface area contributed by atoms with Gasteiger partial charge in [-0.25, -0.2) is 4.79 Å². The second-order valence-corrected chi connectivity index (χ2v) is 8.98. The molecule has 4 rings (SSSR count). The van der Waals surface area contributed by atoms with Crippen LogP contribution in [0.4, 0.5) is 0 Å². The lowest BCUT2D eigenvalue weighted by Crippen LogP contribution is -2.21. The van der Waals surface area contributed by atoms with Crippen LogP contribution in [0.15, 0.2) is 78.2 Å². The van der Waals surface area contributed by atoms with E-state index in [0.717, 1.165) is 29.7 Å². The summed E-state index contributed by atoms with van der Waals surface area (Å²) in [5, 5.41) is 9.81. The first-order chi connectivity index (χ1) is 17.9. The Bertz CT molecular complexity index is 1320. The summed E-state index contributed by atoms with van der Waals surface area (Å²) in [5.74, 6) is 1.27. The molecule has 190 valence electrons. The van der Waals surface area contributed by atoms with Crippen molar-refractivity contribution in [2.45, 2.75) is 45.6 Å². The van der Waals surface area contributed by atoms with Gasteiger partial charge in [0, 0.05) is 11.6 Å². The van der Waals surface area contributed by atoms with E-state index in [9.17, 15) is 10.1 Å². The van der Waals surface area contributed by atoms with E-state index in [4.69, 9.17) is 24.7 Å². The number of hydrogen-bond acceptors (Lipinski definition) is 7. The fourth-order valence-electron chi connectivity index (χ4n) is 4.04. The number of nitriles is 1. The molecule has 2 N–H and O–H groups in total. The minimum absolute atomic E-state index is 0.0208. The van der Waals surface area contributed by atoms with Gasteiger partial charge in [0.1, 0.15) is 34.6 Å². The van der Waals surface area contributed by atoms with Crippen LogP contribution in [0.5, 0.6) is 23.0 Å². The Morgan fingerprint density at radius 1 is 1.03 bits per heavy atom. The molecule has 0 radical (unpaired) electrons. The molecular weight excluding hydrogens is 468 g/mol. The number of rotatable bonds is 9. The van der Waals surface area contributed by atoms with Gasteiger partial charge in [0.15, 0.2) is 0 Å². The van der Waals surface area contributed by atoms with Crippen LogP contribution in [-0.4, -0.2) is 18.7 Å². The fraction of sp³-hybridized carbons (Fsp3) is 0.267. The number of esters is 1. The van der Waals surface area contributed by atoms with Crippen LogP contribution in [0.3, 0.4) is 0 Å². The van der Waals surface area contributed by atoms with Crippen molar-refractivity contribution in [3.63, 3.8) is 0 Å². The normalized spacial score (nSPS) is 14.4. The van der Waals surface area contributed by atoms with Crippen molar-refractivity contribution < 1.29 is 23.7 Å². The first-order valence-electron chi connectivity index (χ1n) is 12.3. The zero-order chi connectivity index (χ0) is 26.4. The van der Waals surface area contributed by atoms with Crippen LogP contribution in [0.1, 0.15) is 61.0 Å². The summed E-state index contributed by atoms with van der Waals surface area (Å²) in [7, 11) is 0. The number of unbranched alkanes of at least 4 members (excludes halogenated alkanes) is 1. The predicted octanol–water partition coefficient (Wildman–Crippen LogP) is 6.09. The molecule has 0 spiro atoms. The van der Waals surface area contributed by atoms with Gasteiger partial charge in [-0.15, -0.1) is 0 Å². The third kappa shape index (κ3) is 6.04. The summed E-state index contributed by atoms with van der Waals surface area (Å²) in [6.45, 7) is 6.64. The van der Waals surface area contributed by atoms with Crippen LogP contribution in [-0.2, 0) is 0 Å². The molecule has 37 heavy (non-hydrogen) atoms. The summed E-state index contributed by atoms with van der Waals surface area (Å²) in [4.78, 5) is 12.7. The molecule has 0 aromatic heterocycles. The third-order valence-electron chi connectivity index (χ3n) is 5.84. The average Bonchev–Trinajstić information content (AvgIpc) is 2.88. The molecule has 0 fully saturated rings. The van der Waals surface area contributed by atoms with Crippen LogP contribution in [0, 0.1) is 11.3 Å². The van der Waals surface area contributed by atoms with Crippen molar-refractivity contribution in [1.29, 1.82) is 5.26 Å². The molecule has 7 nitrogen and oxygen atoms in total. The highest BCUT2D eigenvalue weighted by Gasteiger charge is 2.31. The maximum atomic E-state index is 12.7.